The maximum Gasteiger partial charge on any atom is 0.332 e. The third-order valence-electron chi connectivity index (χ3n) is 7.34. The van der Waals surface area contributed by atoms with Gasteiger partial charge in [-0.2, -0.15) is 0 Å². The van der Waals surface area contributed by atoms with Gasteiger partial charge in [0.2, 0.25) is 0 Å². The summed E-state index contributed by atoms with van der Waals surface area (Å²) in [7, 11) is 2.18. The molecule has 0 radical (unpaired) electrons. The summed E-state index contributed by atoms with van der Waals surface area (Å²) < 4.78 is 7.85. The van der Waals surface area contributed by atoms with Crippen molar-refractivity contribution in [1.29, 1.82) is 0 Å². The number of para-hydroxylation sites is 1. The van der Waals surface area contributed by atoms with E-state index in [-0.39, 0.29) is 6.10 Å². The Bertz CT molecular complexity index is 987. The number of carbonyl (C=O) groups excluding carboxylic acids is 1. The zero-order chi connectivity index (χ0) is 20.8. The van der Waals surface area contributed by atoms with E-state index in [0.29, 0.717) is 17.9 Å². The second-order valence-electron chi connectivity index (χ2n) is 8.88. The van der Waals surface area contributed by atoms with Crippen LogP contribution in [-0.4, -0.2) is 46.3 Å². The molecule has 0 bridgehead atoms. The highest BCUT2D eigenvalue weighted by atomic mass is 17.0. The fraction of sp³-hybridized carbons (Fsp3) is 0.591. The lowest BCUT2D eigenvalue weighted by atomic mass is 9.70. The molecule has 30 heavy (non-hydrogen) atoms. The lowest BCUT2D eigenvalue weighted by molar-refractivity contribution is -0.754. The standard InChI is InChI=1S/C22H27N3O5/c1-23-19-5-3-2-4-17(19)18-8-9-24-12-14-6-7-16(30-21(26)13-29-25(27)28)10-15(14)11-20(24)22(18)23/h2-5,14-16,20H,6-13H2,1H3/t14?,15?,16-,20?/m0/s1. The Hall–Kier alpha value is -2.61. The minimum atomic E-state index is -0.960. The molecule has 8 heteroatoms. The molecule has 1 aromatic carbocycles. The summed E-state index contributed by atoms with van der Waals surface area (Å²) in [5.41, 5.74) is 4.23. The van der Waals surface area contributed by atoms with E-state index in [2.05, 4.69) is 45.6 Å². The summed E-state index contributed by atoms with van der Waals surface area (Å²) >= 11 is 0. The number of fused-ring (bicyclic) bond motifs is 6. The van der Waals surface area contributed by atoms with Crippen LogP contribution >= 0.6 is 0 Å². The zero-order valence-electron chi connectivity index (χ0n) is 17.2. The van der Waals surface area contributed by atoms with Crippen molar-refractivity contribution >= 4 is 16.9 Å². The summed E-state index contributed by atoms with van der Waals surface area (Å²) in [6.45, 7) is 1.57. The molecule has 4 atom stereocenters. The number of piperidine rings is 1. The molecular weight excluding hydrogens is 386 g/mol. The van der Waals surface area contributed by atoms with Crippen molar-refractivity contribution in [3.8, 4) is 0 Å². The third-order valence-corrected chi connectivity index (χ3v) is 7.34. The van der Waals surface area contributed by atoms with E-state index in [1.165, 1.54) is 22.2 Å². The Morgan fingerprint density at radius 1 is 1.23 bits per heavy atom. The number of esters is 1. The molecule has 2 fully saturated rings. The van der Waals surface area contributed by atoms with Crippen molar-refractivity contribution < 1.29 is 19.5 Å². The lowest BCUT2D eigenvalue weighted by Crippen LogP contribution is -2.49. The van der Waals surface area contributed by atoms with Crippen LogP contribution in [0.1, 0.15) is 43.0 Å². The molecule has 8 nitrogen and oxygen atoms in total. The number of hydrogen-bond acceptors (Lipinski definition) is 6. The molecule has 160 valence electrons. The monoisotopic (exact) mass is 413 g/mol. The van der Waals surface area contributed by atoms with E-state index in [1.54, 1.807) is 0 Å². The highest BCUT2D eigenvalue weighted by Crippen LogP contribution is 2.48. The molecule has 3 aliphatic rings. The van der Waals surface area contributed by atoms with Gasteiger partial charge in [0.25, 0.3) is 5.09 Å². The molecule has 0 amide bonds. The first-order valence-corrected chi connectivity index (χ1v) is 10.8. The topological polar surface area (TPSA) is 86.8 Å². The molecule has 5 rings (SSSR count). The second-order valence-corrected chi connectivity index (χ2v) is 8.88. The van der Waals surface area contributed by atoms with Gasteiger partial charge in [-0.05, 0) is 55.6 Å². The number of aromatic nitrogens is 1. The normalized spacial score (nSPS) is 28.3. The largest absolute Gasteiger partial charge is 0.461 e. The van der Waals surface area contributed by atoms with Gasteiger partial charge in [-0.3, -0.25) is 4.90 Å². The summed E-state index contributed by atoms with van der Waals surface area (Å²) in [6.07, 6.45) is 4.69. The molecular formula is C22H27N3O5. The van der Waals surface area contributed by atoms with Crippen molar-refractivity contribution in [3.63, 3.8) is 0 Å². The first-order chi connectivity index (χ1) is 14.5. The van der Waals surface area contributed by atoms with E-state index in [4.69, 9.17) is 4.74 Å². The van der Waals surface area contributed by atoms with Gasteiger partial charge in [0.1, 0.15) is 6.10 Å². The molecule has 1 saturated heterocycles. The number of nitrogens with zero attached hydrogens (tertiary/aromatic N) is 3. The first kappa shape index (κ1) is 19.4. The SMILES string of the molecule is Cn1c2c(c3ccccc31)CCN1CC3CC[C@H](OC(=O)CO[N+](=O)[O-])CC3CC21. The number of rotatable bonds is 4. The van der Waals surface area contributed by atoms with E-state index in [0.717, 1.165) is 45.2 Å². The Labute approximate surface area is 174 Å². The van der Waals surface area contributed by atoms with Crippen LogP contribution in [0.15, 0.2) is 24.3 Å². The maximum atomic E-state index is 11.8. The first-order valence-electron chi connectivity index (χ1n) is 10.8. The van der Waals surface area contributed by atoms with Gasteiger partial charge in [0, 0.05) is 36.7 Å². The van der Waals surface area contributed by atoms with Crippen molar-refractivity contribution in [2.45, 2.75) is 44.2 Å². The average molecular weight is 413 g/mol. The molecule has 3 unspecified atom stereocenters. The molecule has 1 aliphatic carbocycles. The van der Waals surface area contributed by atoms with Gasteiger partial charge < -0.3 is 14.1 Å². The quantitative estimate of drug-likeness (QED) is 0.435. The van der Waals surface area contributed by atoms with Crippen molar-refractivity contribution in [2.75, 3.05) is 19.7 Å². The van der Waals surface area contributed by atoms with E-state index in [9.17, 15) is 14.9 Å². The number of ether oxygens (including phenoxy) is 1. The fourth-order valence-electron chi connectivity index (χ4n) is 6.08. The number of carbonyl (C=O) groups is 1. The van der Waals surface area contributed by atoms with Gasteiger partial charge in [0.15, 0.2) is 6.61 Å². The van der Waals surface area contributed by atoms with E-state index in [1.807, 2.05) is 0 Å². The van der Waals surface area contributed by atoms with Gasteiger partial charge in [-0.1, -0.05) is 18.2 Å². The van der Waals surface area contributed by atoms with Crippen molar-refractivity contribution in [1.82, 2.24) is 9.47 Å². The average Bonchev–Trinajstić information content (AvgIpc) is 3.04. The fourth-order valence-corrected chi connectivity index (χ4v) is 6.08. The number of aryl methyl sites for hydroxylation is 1. The molecule has 0 N–H and O–H groups in total. The summed E-state index contributed by atoms with van der Waals surface area (Å²) in [4.78, 5) is 28.9. The molecule has 3 heterocycles. The van der Waals surface area contributed by atoms with Crippen LogP contribution in [0.4, 0.5) is 0 Å². The molecule has 2 aromatic rings. The van der Waals surface area contributed by atoms with Crippen LogP contribution in [-0.2, 0) is 27.8 Å². The lowest BCUT2D eigenvalue weighted by Gasteiger charge is -2.49. The van der Waals surface area contributed by atoms with Gasteiger partial charge >= 0.3 is 5.97 Å². The molecule has 2 aliphatic heterocycles. The minimum absolute atomic E-state index is 0.170. The number of hydrogen-bond donors (Lipinski definition) is 0. The Morgan fingerprint density at radius 2 is 2.07 bits per heavy atom. The van der Waals surface area contributed by atoms with Crippen molar-refractivity contribution in [3.05, 3.63) is 45.6 Å². The van der Waals surface area contributed by atoms with Crippen LogP contribution in [0.3, 0.4) is 0 Å². The summed E-state index contributed by atoms with van der Waals surface area (Å²) in [5.74, 6) is 0.474. The van der Waals surface area contributed by atoms with Crippen LogP contribution in [0.25, 0.3) is 10.9 Å². The smallest absolute Gasteiger partial charge is 0.332 e. The predicted molar refractivity (Wildman–Crippen MR) is 109 cm³/mol. The summed E-state index contributed by atoms with van der Waals surface area (Å²) in [6, 6.07) is 9.06. The predicted octanol–water partition coefficient (Wildman–Crippen LogP) is 3.02. The van der Waals surface area contributed by atoms with Gasteiger partial charge in [0.05, 0.1) is 6.04 Å². The van der Waals surface area contributed by atoms with E-state index >= 15 is 0 Å². The molecule has 1 saturated carbocycles. The molecule has 1 aromatic heterocycles. The summed E-state index contributed by atoms with van der Waals surface area (Å²) in [5, 5.41) is 10.7. The van der Waals surface area contributed by atoms with Crippen LogP contribution < -0.4 is 0 Å². The van der Waals surface area contributed by atoms with Crippen LogP contribution in [0, 0.1) is 22.0 Å². The minimum Gasteiger partial charge on any atom is -0.461 e. The van der Waals surface area contributed by atoms with E-state index < -0.39 is 17.7 Å². The Morgan fingerprint density at radius 3 is 2.90 bits per heavy atom. The highest BCUT2D eigenvalue weighted by Gasteiger charge is 2.43. The van der Waals surface area contributed by atoms with Crippen LogP contribution in [0.5, 0.6) is 0 Å². The number of benzene rings is 1. The highest BCUT2D eigenvalue weighted by molar-refractivity contribution is 5.86. The van der Waals surface area contributed by atoms with Crippen LogP contribution in [0.2, 0.25) is 0 Å². The third kappa shape index (κ3) is 3.33. The van der Waals surface area contributed by atoms with Crippen molar-refractivity contribution in [2.24, 2.45) is 18.9 Å². The second kappa shape index (κ2) is 7.58. The van der Waals surface area contributed by atoms with Gasteiger partial charge in [-0.15, -0.1) is 10.1 Å². The Balaban J connectivity index is 1.32. The molecule has 0 spiro atoms. The Kier molecular flexibility index (Phi) is 4.89. The maximum absolute atomic E-state index is 11.8. The van der Waals surface area contributed by atoms with Gasteiger partial charge in [-0.25, -0.2) is 4.79 Å². The zero-order valence-corrected chi connectivity index (χ0v) is 17.2.